The third kappa shape index (κ3) is 2.91. The zero-order valence-electron chi connectivity index (χ0n) is 12.6. The molecule has 0 saturated carbocycles. The van der Waals surface area contributed by atoms with Gasteiger partial charge in [0.15, 0.2) is 0 Å². The maximum Gasteiger partial charge on any atom is 0.124 e. The highest BCUT2D eigenvalue weighted by Gasteiger charge is 2.32. The first-order chi connectivity index (χ1) is 9.58. The zero-order valence-corrected chi connectivity index (χ0v) is 12.6. The maximum atomic E-state index is 10.1. The highest BCUT2D eigenvalue weighted by Crippen LogP contribution is 2.37. The van der Waals surface area contributed by atoms with Crippen LogP contribution in [0, 0.1) is 0 Å². The van der Waals surface area contributed by atoms with Crippen molar-refractivity contribution in [2.24, 2.45) is 0 Å². The van der Waals surface area contributed by atoms with E-state index in [4.69, 9.17) is 0 Å². The largest absolute Gasteiger partial charge is 0.507 e. The number of benzene rings is 1. The van der Waals surface area contributed by atoms with E-state index in [1.165, 1.54) is 0 Å². The Hall–Kier alpha value is -1.26. The van der Waals surface area contributed by atoms with Crippen molar-refractivity contribution in [2.75, 3.05) is 13.1 Å². The molecule has 0 radical (unpaired) electrons. The summed E-state index contributed by atoms with van der Waals surface area (Å²) >= 11 is 0. The van der Waals surface area contributed by atoms with Gasteiger partial charge in [-0.05, 0) is 31.9 Å². The zero-order chi connectivity index (χ0) is 14.7. The number of hydrogen-bond acceptors (Lipinski definition) is 4. The van der Waals surface area contributed by atoms with Gasteiger partial charge in [0.2, 0.25) is 0 Å². The molecule has 3 atom stereocenters. The summed E-state index contributed by atoms with van der Waals surface area (Å²) in [5, 5.41) is 23.7. The molecular formula is C16H26N2O2. The molecule has 3 N–H and O–H groups in total. The molecule has 1 aliphatic heterocycles. The summed E-state index contributed by atoms with van der Waals surface area (Å²) in [6.45, 7) is 8.35. The van der Waals surface area contributed by atoms with Crippen LogP contribution in [0.2, 0.25) is 0 Å². The van der Waals surface area contributed by atoms with E-state index in [9.17, 15) is 10.2 Å². The van der Waals surface area contributed by atoms with Gasteiger partial charge in [0, 0.05) is 31.2 Å². The van der Waals surface area contributed by atoms with E-state index < -0.39 is 0 Å². The molecule has 1 aromatic carbocycles. The molecule has 1 aromatic rings. The average Bonchev–Trinajstić information content (AvgIpc) is 2.46. The van der Waals surface area contributed by atoms with Gasteiger partial charge in [0.1, 0.15) is 11.5 Å². The Kier molecular flexibility index (Phi) is 4.89. The Balaban J connectivity index is 2.27. The molecule has 4 heteroatoms. The van der Waals surface area contributed by atoms with Gasteiger partial charge in [0.05, 0.1) is 5.56 Å². The standard InChI is InChI=1S/C16H26N2O2/c1-4-12-10-18(13(5-2)9-17-12)11(3)16-14(19)7-6-8-15(16)20/h6-8,11-13,17,19-20H,4-5,9-10H2,1-3H3. The molecule has 0 bridgehead atoms. The van der Waals surface area contributed by atoms with Crippen molar-refractivity contribution in [3.05, 3.63) is 23.8 Å². The molecule has 4 nitrogen and oxygen atoms in total. The molecule has 0 spiro atoms. The van der Waals surface area contributed by atoms with Crippen LogP contribution < -0.4 is 5.32 Å². The van der Waals surface area contributed by atoms with Crippen molar-refractivity contribution >= 4 is 0 Å². The lowest BCUT2D eigenvalue weighted by Gasteiger charge is -2.43. The third-order valence-corrected chi connectivity index (χ3v) is 4.48. The Morgan fingerprint density at radius 3 is 2.45 bits per heavy atom. The number of phenolic OH excluding ortho intramolecular Hbond substituents is 2. The normalized spacial score (nSPS) is 25.6. The predicted molar refractivity (Wildman–Crippen MR) is 81.1 cm³/mol. The fourth-order valence-electron chi connectivity index (χ4n) is 3.15. The number of aromatic hydroxyl groups is 2. The van der Waals surface area contributed by atoms with Crippen LogP contribution in [-0.4, -0.2) is 40.3 Å². The molecule has 1 saturated heterocycles. The average molecular weight is 278 g/mol. The predicted octanol–water partition coefficient (Wildman–Crippen LogP) is 2.62. The molecule has 3 unspecified atom stereocenters. The van der Waals surface area contributed by atoms with Crippen molar-refractivity contribution in [2.45, 2.75) is 51.7 Å². The van der Waals surface area contributed by atoms with Crippen molar-refractivity contribution in [3.8, 4) is 11.5 Å². The smallest absolute Gasteiger partial charge is 0.124 e. The Morgan fingerprint density at radius 1 is 1.25 bits per heavy atom. The second-order valence-corrected chi connectivity index (χ2v) is 5.66. The Bertz CT molecular complexity index is 430. The summed E-state index contributed by atoms with van der Waals surface area (Å²) in [4.78, 5) is 2.40. The number of piperazine rings is 1. The second kappa shape index (κ2) is 6.46. The van der Waals surface area contributed by atoms with E-state index in [1.807, 2.05) is 0 Å². The summed E-state index contributed by atoms with van der Waals surface area (Å²) in [6, 6.07) is 5.89. The fourth-order valence-corrected chi connectivity index (χ4v) is 3.15. The van der Waals surface area contributed by atoms with E-state index in [1.54, 1.807) is 18.2 Å². The molecule has 2 rings (SSSR count). The monoisotopic (exact) mass is 278 g/mol. The van der Waals surface area contributed by atoms with E-state index >= 15 is 0 Å². The first kappa shape index (κ1) is 15.1. The van der Waals surface area contributed by atoms with Gasteiger partial charge in [0.25, 0.3) is 0 Å². The van der Waals surface area contributed by atoms with Crippen LogP contribution >= 0.6 is 0 Å². The topological polar surface area (TPSA) is 55.7 Å². The summed E-state index contributed by atoms with van der Waals surface area (Å²) in [5.41, 5.74) is 0.641. The minimum absolute atomic E-state index is 0.0114. The van der Waals surface area contributed by atoms with Crippen molar-refractivity contribution in [1.29, 1.82) is 0 Å². The van der Waals surface area contributed by atoms with Crippen LogP contribution in [0.15, 0.2) is 18.2 Å². The van der Waals surface area contributed by atoms with Crippen LogP contribution in [0.3, 0.4) is 0 Å². The SMILES string of the molecule is CCC1CN(C(C)c2c(O)cccc2O)C(CC)CN1. The quantitative estimate of drug-likeness (QED) is 0.792. The third-order valence-electron chi connectivity index (χ3n) is 4.48. The molecule has 1 fully saturated rings. The van der Waals surface area contributed by atoms with Gasteiger partial charge in [-0.2, -0.15) is 0 Å². The van der Waals surface area contributed by atoms with Crippen LogP contribution in [0.4, 0.5) is 0 Å². The first-order valence-electron chi connectivity index (χ1n) is 7.58. The van der Waals surface area contributed by atoms with Crippen LogP contribution in [0.25, 0.3) is 0 Å². The Morgan fingerprint density at radius 2 is 1.90 bits per heavy atom. The molecule has 0 amide bonds. The number of nitrogens with zero attached hydrogens (tertiary/aromatic N) is 1. The van der Waals surface area contributed by atoms with Crippen molar-refractivity contribution < 1.29 is 10.2 Å². The summed E-state index contributed by atoms with van der Waals surface area (Å²) in [7, 11) is 0. The highest BCUT2D eigenvalue weighted by molar-refractivity contribution is 5.45. The summed E-state index contributed by atoms with van der Waals surface area (Å²) in [5.74, 6) is 0.359. The molecule has 1 heterocycles. The van der Waals surface area contributed by atoms with Crippen LogP contribution in [0.1, 0.15) is 45.2 Å². The number of nitrogens with one attached hydrogen (secondary N) is 1. The second-order valence-electron chi connectivity index (χ2n) is 5.66. The summed E-state index contributed by atoms with van der Waals surface area (Å²) < 4.78 is 0. The molecule has 0 aliphatic carbocycles. The fraction of sp³-hybridized carbons (Fsp3) is 0.625. The molecule has 112 valence electrons. The van der Waals surface area contributed by atoms with E-state index in [0.29, 0.717) is 17.6 Å². The minimum Gasteiger partial charge on any atom is -0.507 e. The lowest BCUT2D eigenvalue weighted by Crippen LogP contribution is -2.56. The lowest BCUT2D eigenvalue weighted by atomic mass is 9.97. The van der Waals surface area contributed by atoms with Crippen molar-refractivity contribution in [3.63, 3.8) is 0 Å². The molecule has 0 aromatic heterocycles. The number of hydrogen-bond donors (Lipinski definition) is 3. The van der Waals surface area contributed by atoms with Gasteiger partial charge < -0.3 is 15.5 Å². The minimum atomic E-state index is 0.0114. The number of rotatable bonds is 4. The highest BCUT2D eigenvalue weighted by atomic mass is 16.3. The molecule has 20 heavy (non-hydrogen) atoms. The van der Waals surface area contributed by atoms with Gasteiger partial charge in [-0.25, -0.2) is 0 Å². The van der Waals surface area contributed by atoms with Gasteiger partial charge in [-0.3, -0.25) is 4.90 Å². The number of phenols is 2. The maximum absolute atomic E-state index is 10.1. The van der Waals surface area contributed by atoms with Crippen LogP contribution in [0.5, 0.6) is 11.5 Å². The van der Waals surface area contributed by atoms with Crippen molar-refractivity contribution in [1.82, 2.24) is 10.2 Å². The van der Waals surface area contributed by atoms with E-state index in [-0.39, 0.29) is 17.5 Å². The Labute approximate surface area is 121 Å². The molecule has 1 aliphatic rings. The molecular weight excluding hydrogens is 252 g/mol. The first-order valence-corrected chi connectivity index (χ1v) is 7.58. The van der Waals surface area contributed by atoms with Crippen LogP contribution in [-0.2, 0) is 0 Å². The van der Waals surface area contributed by atoms with Gasteiger partial charge in [-0.15, -0.1) is 0 Å². The van der Waals surface area contributed by atoms with Gasteiger partial charge in [-0.1, -0.05) is 19.9 Å². The lowest BCUT2D eigenvalue weighted by molar-refractivity contribution is 0.0827. The van der Waals surface area contributed by atoms with E-state index in [2.05, 4.69) is 31.0 Å². The van der Waals surface area contributed by atoms with Gasteiger partial charge >= 0.3 is 0 Å². The van der Waals surface area contributed by atoms with E-state index in [0.717, 1.165) is 25.9 Å². The summed E-state index contributed by atoms with van der Waals surface area (Å²) in [6.07, 6.45) is 2.15.